The maximum absolute atomic E-state index is 13.3. The number of hydrogen-bond acceptors (Lipinski definition) is 6. The van der Waals surface area contributed by atoms with Gasteiger partial charge < -0.3 is 15.2 Å². The number of hydrogen-bond donors (Lipinski definition) is 2. The van der Waals surface area contributed by atoms with Crippen molar-refractivity contribution in [3.05, 3.63) is 101 Å². The lowest BCUT2D eigenvalue weighted by atomic mass is 9.87. The smallest absolute Gasteiger partial charge is 0.253 e. The molecule has 0 saturated carbocycles. The molecule has 1 fully saturated rings. The number of benzene rings is 3. The second kappa shape index (κ2) is 12.5. The average molecular weight is 552 g/mol. The van der Waals surface area contributed by atoms with Gasteiger partial charge in [0, 0.05) is 18.7 Å². The summed E-state index contributed by atoms with van der Waals surface area (Å²) in [5.41, 5.74) is 4.21. The third-order valence-corrected chi connectivity index (χ3v) is 7.44. The van der Waals surface area contributed by atoms with Crippen LogP contribution in [0.4, 0.5) is 5.69 Å². The van der Waals surface area contributed by atoms with Crippen molar-refractivity contribution in [2.45, 2.75) is 52.1 Å². The van der Waals surface area contributed by atoms with Crippen molar-refractivity contribution in [3.63, 3.8) is 0 Å². The predicted molar refractivity (Wildman–Crippen MR) is 159 cm³/mol. The maximum Gasteiger partial charge on any atom is 0.253 e. The number of para-hydroxylation sites is 1. The molecule has 0 spiro atoms. The van der Waals surface area contributed by atoms with Gasteiger partial charge in [0.15, 0.2) is 0 Å². The van der Waals surface area contributed by atoms with Crippen LogP contribution in [0.5, 0.6) is 0 Å². The Morgan fingerprint density at radius 3 is 2.46 bits per heavy atom. The number of likely N-dealkylation sites (tertiary alicyclic amines) is 1. The van der Waals surface area contributed by atoms with Crippen molar-refractivity contribution < 1.29 is 14.1 Å². The highest BCUT2D eigenvalue weighted by molar-refractivity contribution is 6.04. The van der Waals surface area contributed by atoms with Crippen LogP contribution in [0.3, 0.4) is 0 Å². The topological polar surface area (TPSA) is 100 Å². The quantitative estimate of drug-likeness (QED) is 0.286. The number of carbonyl (C=O) groups excluding carboxylic acids is 2. The van der Waals surface area contributed by atoms with Gasteiger partial charge in [-0.3, -0.25) is 14.5 Å². The number of rotatable bonds is 8. The molecule has 3 aromatic carbocycles. The molecule has 1 saturated heterocycles. The molecule has 1 unspecified atom stereocenters. The number of piperidine rings is 1. The second-order valence-corrected chi connectivity index (χ2v) is 11.6. The molecule has 0 radical (unpaired) electrons. The van der Waals surface area contributed by atoms with E-state index in [0.29, 0.717) is 42.6 Å². The Labute approximate surface area is 241 Å². The zero-order chi connectivity index (χ0) is 28.8. The minimum atomic E-state index is -0.227. The van der Waals surface area contributed by atoms with Crippen LogP contribution in [0.15, 0.2) is 83.4 Å². The predicted octanol–water partition coefficient (Wildman–Crippen LogP) is 5.81. The summed E-state index contributed by atoms with van der Waals surface area (Å²) in [5.74, 6) is 0.560. The Morgan fingerprint density at radius 1 is 0.976 bits per heavy atom. The van der Waals surface area contributed by atoms with Crippen LogP contribution in [0, 0.1) is 5.92 Å². The molecule has 1 aromatic heterocycles. The molecule has 41 heavy (non-hydrogen) atoms. The Kier molecular flexibility index (Phi) is 8.59. The van der Waals surface area contributed by atoms with Crippen molar-refractivity contribution in [3.8, 4) is 11.4 Å². The first-order valence-electron chi connectivity index (χ1n) is 14.1. The van der Waals surface area contributed by atoms with E-state index in [1.165, 1.54) is 5.56 Å². The summed E-state index contributed by atoms with van der Waals surface area (Å²) in [6.07, 6.45) is 1.66. The maximum atomic E-state index is 13.3. The van der Waals surface area contributed by atoms with Crippen molar-refractivity contribution in [1.29, 1.82) is 0 Å². The molecule has 5 rings (SSSR count). The molecule has 2 N–H and O–H groups in total. The van der Waals surface area contributed by atoms with Crippen LogP contribution in [-0.2, 0) is 23.3 Å². The largest absolute Gasteiger partial charge is 0.348 e. The molecular weight excluding hydrogens is 514 g/mol. The molecule has 1 aliphatic heterocycles. The Balaban J connectivity index is 1.18. The summed E-state index contributed by atoms with van der Waals surface area (Å²) in [6, 6.07) is 25.1. The number of nitrogens with one attached hydrogen (secondary N) is 2. The lowest BCUT2D eigenvalue weighted by Gasteiger charge is -2.31. The SMILES string of the molecule is CC(C)(C)c1ccc(-c2noc(CN3CCCC(C(=O)Nc4ccccc4C(=O)NCc4ccccc4)C3)n2)cc1. The third kappa shape index (κ3) is 7.27. The van der Waals surface area contributed by atoms with E-state index in [-0.39, 0.29) is 23.1 Å². The van der Waals surface area contributed by atoms with Crippen molar-refractivity contribution >= 4 is 17.5 Å². The average Bonchev–Trinajstić information content (AvgIpc) is 3.45. The fourth-order valence-corrected chi connectivity index (χ4v) is 5.06. The molecule has 0 aliphatic carbocycles. The zero-order valence-corrected chi connectivity index (χ0v) is 23.9. The standard InChI is InChI=1S/C33H37N5O3/c1-33(2,3)26-17-15-24(16-18-26)30-36-29(41-37-30)22-38-19-9-12-25(21-38)31(39)35-28-14-8-7-13-27(28)32(40)34-20-23-10-5-4-6-11-23/h4-8,10-11,13-18,25H,9,12,19-22H2,1-3H3,(H,34,40)(H,35,39). The van der Waals surface area contributed by atoms with Gasteiger partial charge in [-0.15, -0.1) is 0 Å². The fraction of sp³-hybridized carbons (Fsp3) is 0.333. The van der Waals surface area contributed by atoms with Crippen LogP contribution in [0.1, 0.15) is 61.0 Å². The monoisotopic (exact) mass is 551 g/mol. The molecule has 2 heterocycles. The van der Waals surface area contributed by atoms with E-state index in [1.54, 1.807) is 18.2 Å². The summed E-state index contributed by atoms with van der Waals surface area (Å²) < 4.78 is 5.56. The van der Waals surface area contributed by atoms with Gasteiger partial charge in [0.1, 0.15) is 0 Å². The van der Waals surface area contributed by atoms with Gasteiger partial charge in [0.05, 0.1) is 23.7 Å². The summed E-state index contributed by atoms with van der Waals surface area (Å²) in [7, 11) is 0. The zero-order valence-electron chi connectivity index (χ0n) is 23.9. The van der Waals surface area contributed by atoms with Gasteiger partial charge in [0.25, 0.3) is 5.91 Å². The molecule has 1 atom stereocenters. The number of aromatic nitrogens is 2. The van der Waals surface area contributed by atoms with E-state index in [9.17, 15) is 9.59 Å². The highest BCUT2D eigenvalue weighted by Crippen LogP contribution is 2.26. The van der Waals surface area contributed by atoms with Gasteiger partial charge in [-0.05, 0) is 48.1 Å². The van der Waals surface area contributed by atoms with E-state index in [0.717, 1.165) is 30.5 Å². The molecule has 8 heteroatoms. The first kappa shape index (κ1) is 28.2. The van der Waals surface area contributed by atoms with Gasteiger partial charge in [-0.25, -0.2) is 0 Å². The first-order valence-corrected chi connectivity index (χ1v) is 14.1. The molecule has 212 valence electrons. The molecule has 0 bridgehead atoms. The lowest BCUT2D eigenvalue weighted by molar-refractivity contribution is -0.121. The highest BCUT2D eigenvalue weighted by atomic mass is 16.5. The first-order chi connectivity index (χ1) is 19.8. The Bertz CT molecular complexity index is 1470. The fourth-order valence-electron chi connectivity index (χ4n) is 5.06. The summed E-state index contributed by atoms with van der Waals surface area (Å²) in [4.78, 5) is 33.0. The van der Waals surface area contributed by atoms with Crippen LogP contribution in [0.2, 0.25) is 0 Å². The van der Waals surface area contributed by atoms with E-state index in [1.807, 2.05) is 48.5 Å². The van der Waals surface area contributed by atoms with E-state index in [4.69, 9.17) is 4.52 Å². The number of amides is 2. The highest BCUT2D eigenvalue weighted by Gasteiger charge is 2.28. The molecule has 1 aliphatic rings. The Hall–Kier alpha value is -4.30. The molecular formula is C33H37N5O3. The summed E-state index contributed by atoms with van der Waals surface area (Å²) >= 11 is 0. The Morgan fingerprint density at radius 2 is 1.71 bits per heavy atom. The van der Waals surface area contributed by atoms with Gasteiger partial charge in [0.2, 0.25) is 17.6 Å². The third-order valence-electron chi connectivity index (χ3n) is 7.44. The van der Waals surface area contributed by atoms with Crippen LogP contribution in [-0.4, -0.2) is 39.9 Å². The van der Waals surface area contributed by atoms with Gasteiger partial charge in [-0.1, -0.05) is 92.7 Å². The molecule has 8 nitrogen and oxygen atoms in total. The van der Waals surface area contributed by atoms with Crippen molar-refractivity contribution in [2.75, 3.05) is 18.4 Å². The minimum absolute atomic E-state index is 0.0783. The van der Waals surface area contributed by atoms with E-state index < -0.39 is 0 Å². The van der Waals surface area contributed by atoms with Gasteiger partial charge >= 0.3 is 0 Å². The van der Waals surface area contributed by atoms with Crippen LogP contribution >= 0.6 is 0 Å². The lowest BCUT2D eigenvalue weighted by Crippen LogP contribution is -2.40. The normalized spacial score (nSPS) is 15.8. The number of anilines is 1. The second-order valence-electron chi connectivity index (χ2n) is 11.6. The van der Waals surface area contributed by atoms with E-state index >= 15 is 0 Å². The summed E-state index contributed by atoms with van der Waals surface area (Å²) in [5, 5.41) is 10.1. The van der Waals surface area contributed by atoms with Crippen molar-refractivity contribution in [2.24, 2.45) is 5.92 Å². The molecule has 4 aromatic rings. The van der Waals surface area contributed by atoms with Gasteiger partial charge in [-0.2, -0.15) is 4.98 Å². The summed E-state index contributed by atoms with van der Waals surface area (Å²) in [6.45, 7) is 8.87. The van der Waals surface area contributed by atoms with Crippen LogP contribution in [0.25, 0.3) is 11.4 Å². The van der Waals surface area contributed by atoms with Crippen molar-refractivity contribution in [1.82, 2.24) is 20.4 Å². The number of carbonyl (C=O) groups is 2. The number of nitrogens with zero attached hydrogens (tertiary/aromatic N) is 3. The minimum Gasteiger partial charge on any atom is -0.348 e. The molecule has 2 amide bonds. The van der Waals surface area contributed by atoms with E-state index in [2.05, 4.69) is 58.6 Å². The van der Waals surface area contributed by atoms with Crippen LogP contribution < -0.4 is 10.6 Å².